The van der Waals surface area contributed by atoms with Crippen molar-refractivity contribution in [3.63, 3.8) is 0 Å². The molecule has 2 unspecified atom stereocenters. The maximum Gasteiger partial charge on any atom is 0.307 e. The number of aryl methyl sites for hydroxylation is 3. The number of carbonyl (C=O) groups is 1. The fraction of sp³-hybridized carbons (Fsp3) is 0.293. The zero-order chi connectivity index (χ0) is 45.9. The third-order valence-electron chi connectivity index (χ3n) is 11.4. The molecule has 0 radical (unpaired) electrons. The van der Waals surface area contributed by atoms with Gasteiger partial charge < -0.3 is 11.1 Å². The van der Waals surface area contributed by atoms with Gasteiger partial charge >= 0.3 is 5.92 Å². The van der Waals surface area contributed by atoms with Gasteiger partial charge in [-0.25, -0.2) is 35.9 Å². The van der Waals surface area contributed by atoms with Gasteiger partial charge in [-0.2, -0.15) is 19.0 Å². The Bertz CT molecular complexity index is 3300. The van der Waals surface area contributed by atoms with Gasteiger partial charge in [-0.1, -0.05) is 17.7 Å². The van der Waals surface area contributed by atoms with E-state index in [1.807, 2.05) is 0 Å². The number of benzene rings is 3. The van der Waals surface area contributed by atoms with Crippen molar-refractivity contribution in [2.75, 3.05) is 11.0 Å². The fourth-order valence-electron chi connectivity index (χ4n) is 8.61. The van der Waals surface area contributed by atoms with Gasteiger partial charge in [0.2, 0.25) is 15.9 Å². The number of nitrogens with one attached hydrogen (secondary N) is 2. The van der Waals surface area contributed by atoms with E-state index in [1.54, 1.807) is 32.2 Å². The summed E-state index contributed by atoms with van der Waals surface area (Å²) in [6.45, 7) is 2.41. The van der Waals surface area contributed by atoms with E-state index in [9.17, 15) is 30.8 Å². The molecule has 0 bridgehead atoms. The first-order valence-electron chi connectivity index (χ1n) is 19.4. The molecule has 1 saturated carbocycles. The SMILES string of the molecule is Cc1cnc(C)c(-c2ccc3c(=O)n(-c4ccc(Cl)c5c(NS(C)(=O)=O)nn(C)c45)c([C@H](Cc4cc(F)cc(F)c4)NC(=O)Cn4nc(C(F)F)c5c4C(F)(F)C4(N)CC54)nc3c2)n1. The molecule has 3 atom stereocenters. The first-order chi connectivity index (χ1) is 30.1. The van der Waals surface area contributed by atoms with Crippen LogP contribution in [0, 0.1) is 25.5 Å². The van der Waals surface area contributed by atoms with E-state index >= 15 is 13.6 Å². The number of halogens is 7. The van der Waals surface area contributed by atoms with Crippen LogP contribution in [0.2, 0.25) is 5.02 Å². The molecular formula is C41H34ClF6N11O4S. The number of carbonyl (C=O) groups excluding carboxylic acids is 1. The highest BCUT2D eigenvalue weighted by atomic mass is 35.5. The Morgan fingerprint density at radius 2 is 1.77 bits per heavy atom. The van der Waals surface area contributed by atoms with Crippen LogP contribution in [0.25, 0.3) is 38.8 Å². The van der Waals surface area contributed by atoms with E-state index in [1.165, 1.54) is 29.9 Å². The normalized spacial score (nSPS) is 18.1. The van der Waals surface area contributed by atoms with Crippen LogP contribution in [0.15, 0.2) is 59.5 Å². The molecular weight excluding hydrogens is 892 g/mol. The minimum Gasteiger partial charge on any atom is -0.344 e. The highest BCUT2D eigenvalue weighted by Gasteiger charge is 2.76. The van der Waals surface area contributed by atoms with Gasteiger partial charge in [0, 0.05) is 42.8 Å². The molecule has 4 aromatic heterocycles. The van der Waals surface area contributed by atoms with E-state index in [-0.39, 0.29) is 56.1 Å². The third-order valence-corrected chi connectivity index (χ3v) is 12.3. The number of amides is 1. The van der Waals surface area contributed by atoms with E-state index in [4.69, 9.17) is 22.3 Å². The molecule has 4 heterocycles. The minimum atomic E-state index is -3.93. The molecule has 2 aliphatic carbocycles. The number of sulfonamides is 1. The Morgan fingerprint density at radius 1 is 1.05 bits per heavy atom. The van der Waals surface area contributed by atoms with Gasteiger partial charge in [0.1, 0.15) is 35.4 Å². The zero-order valence-electron chi connectivity index (χ0n) is 33.9. The van der Waals surface area contributed by atoms with E-state index in [0.717, 1.165) is 23.0 Å². The standard InChI is InChI=1S/C41H34ClF6N11O4S/c1-17-15-50-18(2)32(51-17)20-5-6-23-26(12-20)53-38(59(39(23)61)28-8-7-25(42)31-34(28)57(3)55-37(31)56-64(4,62)63)27(11-19-9-21(43)13-22(44)10-19)52-29(60)16-58-35-30(33(54-58)36(45)46)24-14-40(24,49)41(35,47)48/h5-10,12-13,15,24,27,36H,11,14,16,49H2,1-4H3,(H,52,60)(H,55,56)/t24?,27-,40?/m0/s1. The monoisotopic (exact) mass is 925 g/mol. The molecule has 23 heteroatoms. The van der Waals surface area contributed by atoms with Crippen molar-refractivity contribution in [2.45, 2.75) is 63.1 Å². The molecule has 0 aliphatic heterocycles. The van der Waals surface area contributed by atoms with Crippen molar-refractivity contribution in [3.8, 4) is 16.9 Å². The number of nitrogens with two attached hydrogens (primary N) is 1. The van der Waals surface area contributed by atoms with Gasteiger partial charge in [0.25, 0.3) is 12.0 Å². The maximum atomic E-state index is 15.8. The highest BCUT2D eigenvalue weighted by Crippen LogP contribution is 2.69. The second-order valence-electron chi connectivity index (χ2n) is 16.0. The molecule has 9 rings (SSSR count). The molecule has 0 saturated heterocycles. The molecule has 15 nitrogen and oxygen atoms in total. The summed E-state index contributed by atoms with van der Waals surface area (Å²) in [7, 11) is -2.48. The van der Waals surface area contributed by atoms with Gasteiger partial charge in [-0.15, -0.1) is 0 Å². The summed E-state index contributed by atoms with van der Waals surface area (Å²) in [5.74, 6) is -8.51. The summed E-state index contributed by atoms with van der Waals surface area (Å²) < 4.78 is 120. The number of nitrogens with zero attached hydrogens (tertiary/aromatic N) is 8. The minimum absolute atomic E-state index is 0.00178. The van der Waals surface area contributed by atoms with Crippen molar-refractivity contribution in [1.82, 2.24) is 44.4 Å². The first kappa shape index (κ1) is 42.9. The van der Waals surface area contributed by atoms with Crippen LogP contribution in [-0.2, 0) is 40.8 Å². The molecule has 1 amide bonds. The predicted molar refractivity (Wildman–Crippen MR) is 222 cm³/mol. The van der Waals surface area contributed by atoms with Crippen LogP contribution >= 0.6 is 11.6 Å². The lowest BCUT2D eigenvalue weighted by molar-refractivity contribution is -0.123. The molecule has 0 spiro atoms. The van der Waals surface area contributed by atoms with E-state index in [0.29, 0.717) is 33.4 Å². The lowest BCUT2D eigenvalue weighted by Crippen LogP contribution is -2.42. The third kappa shape index (κ3) is 7.03. The van der Waals surface area contributed by atoms with Gasteiger partial charge in [-0.05, 0) is 62.2 Å². The van der Waals surface area contributed by atoms with Crippen molar-refractivity contribution >= 4 is 55.2 Å². The summed E-state index contributed by atoms with van der Waals surface area (Å²) in [5, 5.41) is 10.8. The van der Waals surface area contributed by atoms with Crippen molar-refractivity contribution in [3.05, 3.63) is 121 Å². The summed E-state index contributed by atoms with van der Waals surface area (Å²) >= 11 is 6.64. The number of hydrogen-bond donors (Lipinski definition) is 3. The Morgan fingerprint density at radius 3 is 2.45 bits per heavy atom. The predicted octanol–water partition coefficient (Wildman–Crippen LogP) is 6.17. The summed E-state index contributed by atoms with van der Waals surface area (Å²) in [5.41, 5.74) is 2.92. The lowest BCUT2D eigenvalue weighted by Gasteiger charge is -2.25. The number of anilines is 1. The number of rotatable bonds is 11. The van der Waals surface area contributed by atoms with Crippen molar-refractivity contribution < 1.29 is 39.6 Å². The maximum absolute atomic E-state index is 15.8. The smallest absolute Gasteiger partial charge is 0.307 e. The average molecular weight is 926 g/mol. The zero-order valence-corrected chi connectivity index (χ0v) is 35.5. The molecule has 332 valence electrons. The summed E-state index contributed by atoms with van der Waals surface area (Å²) in [6.07, 6.45) is -1.57. The number of aromatic nitrogens is 8. The molecule has 64 heavy (non-hydrogen) atoms. The molecule has 3 aromatic carbocycles. The van der Waals surface area contributed by atoms with Crippen LogP contribution < -0.4 is 21.3 Å². The molecule has 7 aromatic rings. The Hall–Kier alpha value is -6.39. The Labute approximate surface area is 363 Å². The molecule has 4 N–H and O–H groups in total. The Kier molecular flexibility index (Phi) is 9.95. The number of alkyl halides is 4. The number of fused-ring (bicyclic) bond motifs is 5. The largest absolute Gasteiger partial charge is 0.344 e. The van der Waals surface area contributed by atoms with Crippen LogP contribution in [0.5, 0.6) is 0 Å². The van der Waals surface area contributed by atoms with E-state index in [2.05, 4.69) is 30.2 Å². The molecule has 2 aliphatic rings. The highest BCUT2D eigenvalue weighted by molar-refractivity contribution is 7.92. The van der Waals surface area contributed by atoms with Crippen LogP contribution in [0.3, 0.4) is 0 Å². The van der Waals surface area contributed by atoms with Crippen molar-refractivity contribution in [1.29, 1.82) is 0 Å². The first-order valence-corrected chi connectivity index (χ1v) is 21.6. The topological polar surface area (TPSA) is 198 Å². The van der Waals surface area contributed by atoms with Crippen molar-refractivity contribution in [2.24, 2.45) is 12.8 Å². The lowest BCUT2D eigenvalue weighted by atomic mass is 10.0. The quantitative estimate of drug-likeness (QED) is 0.126. The van der Waals surface area contributed by atoms with Crippen LogP contribution in [0.4, 0.5) is 32.2 Å². The van der Waals surface area contributed by atoms with Gasteiger partial charge in [0.15, 0.2) is 5.82 Å². The fourth-order valence-corrected chi connectivity index (χ4v) is 9.35. The van der Waals surface area contributed by atoms with Crippen LogP contribution in [-0.4, -0.2) is 65.2 Å². The Balaban J connectivity index is 1.27. The van der Waals surface area contributed by atoms with Gasteiger partial charge in [-0.3, -0.25) is 33.2 Å². The van der Waals surface area contributed by atoms with Gasteiger partial charge in [0.05, 0.1) is 67.4 Å². The second-order valence-corrected chi connectivity index (χ2v) is 18.2. The average Bonchev–Trinajstić information content (AvgIpc) is 3.50. The second kappa shape index (κ2) is 14.8. The van der Waals surface area contributed by atoms with E-state index < -0.39 is 92.9 Å². The molecule has 1 fully saturated rings. The van der Waals surface area contributed by atoms with Crippen LogP contribution in [0.1, 0.15) is 64.5 Å². The summed E-state index contributed by atoms with van der Waals surface area (Å²) in [4.78, 5) is 43.2. The number of hydrogen-bond acceptors (Lipinski definition) is 10. The summed E-state index contributed by atoms with van der Waals surface area (Å²) in [6, 6.07) is 8.42.